The molecule has 1 aromatic carbocycles. The van der Waals surface area contributed by atoms with E-state index >= 15 is 0 Å². The molecule has 0 fully saturated rings. The van der Waals surface area contributed by atoms with Gasteiger partial charge in [-0.3, -0.25) is 0 Å². The first-order valence-electron chi connectivity index (χ1n) is 5.29. The third kappa shape index (κ3) is 4.43. The van der Waals surface area contributed by atoms with Crippen molar-refractivity contribution in [3.63, 3.8) is 0 Å². The maximum atomic E-state index is 3.57. The minimum atomic E-state index is 0.203. The van der Waals surface area contributed by atoms with Gasteiger partial charge in [-0.2, -0.15) is 0 Å². The quantitative estimate of drug-likeness (QED) is 0.774. The lowest BCUT2D eigenvalue weighted by Crippen LogP contribution is -2.43. The van der Waals surface area contributed by atoms with Crippen molar-refractivity contribution < 1.29 is 0 Å². The van der Waals surface area contributed by atoms with Crippen LogP contribution in [0.1, 0.15) is 33.3 Å². The molecule has 0 aliphatic heterocycles. The first-order chi connectivity index (χ1) is 6.47. The highest BCUT2D eigenvalue weighted by Crippen LogP contribution is 2.06. The fourth-order valence-corrected chi connectivity index (χ4v) is 1.76. The zero-order chi connectivity index (χ0) is 10.6. The van der Waals surface area contributed by atoms with Gasteiger partial charge in [-0.1, -0.05) is 30.3 Å². The fourth-order valence-electron chi connectivity index (χ4n) is 1.76. The topological polar surface area (TPSA) is 12.0 Å². The van der Waals surface area contributed by atoms with Gasteiger partial charge in [0.1, 0.15) is 0 Å². The molecule has 0 saturated heterocycles. The summed E-state index contributed by atoms with van der Waals surface area (Å²) in [5.74, 6) is 0. The maximum Gasteiger partial charge on any atom is 0.00991 e. The van der Waals surface area contributed by atoms with E-state index in [-0.39, 0.29) is 5.54 Å². The van der Waals surface area contributed by atoms with Gasteiger partial charge in [0.25, 0.3) is 0 Å². The Morgan fingerprint density at radius 3 is 2.21 bits per heavy atom. The van der Waals surface area contributed by atoms with Gasteiger partial charge >= 0.3 is 0 Å². The molecule has 1 nitrogen and oxygen atoms in total. The van der Waals surface area contributed by atoms with E-state index < -0.39 is 0 Å². The summed E-state index contributed by atoms with van der Waals surface area (Å²) in [6.07, 6.45) is 1.10. The number of benzene rings is 1. The molecule has 0 saturated carbocycles. The van der Waals surface area contributed by atoms with Crippen molar-refractivity contribution in [1.82, 2.24) is 5.32 Å². The van der Waals surface area contributed by atoms with Crippen molar-refractivity contribution in [2.24, 2.45) is 0 Å². The van der Waals surface area contributed by atoms with Crippen LogP contribution in [-0.2, 0) is 6.42 Å². The molecule has 1 aromatic rings. The van der Waals surface area contributed by atoms with E-state index in [2.05, 4.69) is 63.3 Å². The third-order valence-corrected chi connectivity index (χ3v) is 2.06. The van der Waals surface area contributed by atoms with Gasteiger partial charge in [-0.25, -0.2) is 0 Å². The molecule has 0 amide bonds. The number of nitrogens with one attached hydrogen (secondary N) is 1. The van der Waals surface area contributed by atoms with Crippen LogP contribution in [0, 0.1) is 0 Å². The highest BCUT2D eigenvalue weighted by atomic mass is 15.0. The lowest BCUT2D eigenvalue weighted by Gasteiger charge is -2.26. The summed E-state index contributed by atoms with van der Waals surface area (Å²) in [6.45, 7) is 8.84. The van der Waals surface area contributed by atoms with Crippen molar-refractivity contribution in [3.8, 4) is 0 Å². The van der Waals surface area contributed by atoms with Gasteiger partial charge in [0.05, 0.1) is 0 Å². The van der Waals surface area contributed by atoms with Crippen LogP contribution < -0.4 is 5.32 Å². The van der Waals surface area contributed by atoms with Gasteiger partial charge < -0.3 is 5.32 Å². The standard InChI is InChI=1S/C13H21N/c1-11(14-13(2,3)4)10-12-8-6-5-7-9-12/h5-9,11,14H,10H2,1-4H3/t11-/m1/s1. The van der Waals surface area contributed by atoms with Crippen molar-refractivity contribution in [2.75, 3.05) is 0 Å². The van der Waals surface area contributed by atoms with Crippen LogP contribution in [0.4, 0.5) is 0 Å². The summed E-state index contributed by atoms with van der Waals surface area (Å²) in [5, 5.41) is 3.57. The lowest BCUT2D eigenvalue weighted by atomic mass is 10.0. The molecule has 0 heterocycles. The van der Waals surface area contributed by atoms with Crippen LogP contribution in [0.2, 0.25) is 0 Å². The van der Waals surface area contributed by atoms with E-state index in [1.165, 1.54) is 5.56 Å². The third-order valence-electron chi connectivity index (χ3n) is 2.06. The summed E-state index contributed by atoms with van der Waals surface area (Å²) < 4.78 is 0. The van der Waals surface area contributed by atoms with Crippen LogP contribution in [-0.4, -0.2) is 11.6 Å². The molecular weight excluding hydrogens is 170 g/mol. The van der Waals surface area contributed by atoms with Crippen LogP contribution in [0.3, 0.4) is 0 Å². The van der Waals surface area contributed by atoms with E-state index in [1.54, 1.807) is 0 Å². The maximum absolute atomic E-state index is 3.57. The normalized spacial score (nSPS) is 14.0. The van der Waals surface area contributed by atoms with Gasteiger partial charge in [0.15, 0.2) is 0 Å². The number of rotatable bonds is 3. The van der Waals surface area contributed by atoms with Gasteiger partial charge in [0.2, 0.25) is 0 Å². The molecule has 14 heavy (non-hydrogen) atoms. The first kappa shape index (κ1) is 11.3. The van der Waals surface area contributed by atoms with Gasteiger partial charge in [-0.15, -0.1) is 0 Å². The molecule has 1 N–H and O–H groups in total. The molecule has 0 aromatic heterocycles. The summed E-state index contributed by atoms with van der Waals surface area (Å²) in [4.78, 5) is 0. The predicted molar refractivity (Wildman–Crippen MR) is 62.5 cm³/mol. The summed E-state index contributed by atoms with van der Waals surface area (Å²) in [6, 6.07) is 11.1. The van der Waals surface area contributed by atoms with Crippen LogP contribution >= 0.6 is 0 Å². The molecule has 0 radical (unpaired) electrons. The highest BCUT2D eigenvalue weighted by molar-refractivity contribution is 5.15. The lowest BCUT2D eigenvalue weighted by molar-refractivity contribution is 0.371. The summed E-state index contributed by atoms with van der Waals surface area (Å²) in [5.41, 5.74) is 1.60. The number of hydrogen-bond donors (Lipinski definition) is 1. The molecular formula is C13H21N. The predicted octanol–water partition coefficient (Wildman–Crippen LogP) is 3.01. The van der Waals surface area contributed by atoms with E-state index in [9.17, 15) is 0 Å². The monoisotopic (exact) mass is 191 g/mol. The molecule has 1 rings (SSSR count). The Bertz CT molecular complexity index is 258. The Morgan fingerprint density at radius 2 is 1.71 bits per heavy atom. The van der Waals surface area contributed by atoms with Crippen molar-refractivity contribution in [2.45, 2.75) is 45.7 Å². The second-order valence-corrected chi connectivity index (χ2v) is 4.99. The van der Waals surface area contributed by atoms with Gasteiger partial charge in [-0.05, 0) is 39.7 Å². The molecule has 0 bridgehead atoms. The largest absolute Gasteiger partial charge is 0.309 e. The van der Waals surface area contributed by atoms with Gasteiger partial charge in [0, 0.05) is 11.6 Å². The zero-order valence-electron chi connectivity index (χ0n) is 9.67. The average Bonchev–Trinajstić information content (AvgIpc) is 2.02. The Labute approximate surface area is 87.5 Å². The van der Waals surface area contributed by atoms with Crippen LogP contribution in [0.5, 0.6) is 0 Å². The van der Waals surface area contributed by atoms with Crippen molar-refractivity contribution in [3.05, 3.63) is 35.9 Å². The van der Waals surface area contributed by atoms with Crippen molar-refractivity contribution in [1.29, 1.82) is 0 Å². The Hall–Kier alpha value is -0.820. The van der Waals surface area contributed by atoms with Crippen LogP contribution in [0.15, 0.2) is 30.3 Å². The minimum absolute atomic E-state index is 0.203. The van der Waals surface area contributed by atoms with Crippen LogP contribution in [0.25, 0.3) is 0 Å². The highest BCUT2D eigenvalue weighted by Gasteiger charge is 2.13. The summed E-state index contributed by atoms with van der Waals surface area (Å²) >= 11 is 0. The Morgan fingerprint density at radius 1 is 1.14 bits per heavy atom. The summed E-state index contributed by atoms with van der Waals surface area (Å²) in [7, 11) is 0. The molecule has 1 atom stereocenters. The fraction of sp³-hybridized carbons (Fsp3) is 0.538. The number of hydrogen-bond acceptors (Lipinski definition) is 1. The Kier molecular flexibility index (Phi) is 3.70. The molecule has 0 spiro atoms. The molecule has 1 heteroatoms. The average molecular weight is 191 g/mol. The SMILES string of the molecule is C[C@H](Cc1ccccc1)NC(C)(C)C. The molecule has 0 unspecified atom stereocenters. The van der Waals surface area contributed by atoms with E-state index in [4.69, 9.17) is 0 Å². The second kappa shape index (κ2) is 4.61. The first-order valence-corrected chi connectivity index (χ1v) is 5.29. The second-order valence-electron chi connectivity index (χ2n) is 4.99. The van der Waals surface area contributed by atoms with E-state index in [1.807, 2.05) is 0 Å². The van der Waals surface area contributed by atoms with E-state index in [0.29, 0.717) is 6.04 Å². The molecule has 0 aliphatic rings. The molecule has 0 aliphatic carbocycles. The smallest absolute Gasteiger partial charge is 0.00991 e. The van der Waals surface area contributed by atoms with Crippen molar-refractivity contribution >= 4 is 0 Å². The van der Waals surface area contributed by atoms with E-state index in [0.717, 1.165) is 6.42 Å². The molecule has 78 valence electrons. The zero-order valence-corrected chi connectivity index (χ0v) is 9.67. The minimum Gasteiger partial charge on any atom is -0.309 e. The Balaban J connectivity index is 2.46.